The van der Waals surface area contributed by atoms with Crippen molar-refractivity contribution in [1.82, 2.24) is 15.1 Å². The summed E-state index contributed by atoms with van der Waals surface area (Å²) in [6.07, 6.45) is 1.46. The summed E-state index contributed by atoms with van der Waals surface area (Å²) in [5, 5.41) is 17.6. The zero-order valence-electron chi connectivity index (χ0n) is 13.7. The van der Waals surface area contributed by atoms with E-state index in [0.717, 1.165) is 0 Å². The van der Waals surface area contributed by atoms with Crippen molar-refractivity contribution in [2.24, 2.45) is 7.05 Å². The lowest BCUT2D eigenvalue weighted by molar-refractivity contribution is -0.386. The van der Waals surface area contributed by atoms with Crippen molar-refractivity contribution in [2.45, 2.75) is 51.4 Å². The zero-order valence-corrected chi connectivity index (χ0v) is 13.7. The summed E-state index contributed by atoms with van der Waals surface area (Å²) < 4.78 is 12.4. The number of carbonyl (C=O) groups excluding carboxylic acids is 1. The standard InChI is InChI=1S/C14H22N4O5/c1-14(2,3)23-13(19)15-7-9-5-6-11(22-9)12-10(18(20)21)8-16-17(12)4/h8-9,11H,5-7H2,1-4H3,(H,15,19)/t9-,11-/m1/s1. The van der Waals surface area contributed by atoms with E-state index < -0.39 is 22.7 Å². The van der Waals surface area contributed by atoms with E-state index in [1.165, 1.54) is 10.9 Å². The van der Waals surface area contributed by atoms with Gasteiger partial charge in [0, 0.05) is 13.6 Å². The van der Waals surface area contributed by atoms with Gasteiger partial charge in [-0.25, -0.2) is 4.79 Å². The van der Waals surface area contributed by atoms with Gasteiger partial charge in [-0.1, -0.05) is 0 Å². The molecule has 0 bridgehead atoms. The smallest absolute Gasteiger partial charge is 0.407 e. The number of nitrogens with one attached hydrogen (secondary N) is 1. The van der Waals surface area contributed by atoms with Gasteiger partial charge in [0.25, 0.3) is 0 Å². The van der Waals surface area contributed by atoms with Gasteiger partial charge in [0.15, 0.2) is 0 Å². The second kappa shape index (κ2) is 6.53. The van der Waals surface area contributed by atoms with Crippen LogP contribution < -0.4 is 5.32 Å². The van der Waals surface area contributed by atoms with Crippen molar-refractivity contribution in [1.29, 1.82) is 0 Å². The van der Waals surface area contributed by atoms with Gasteiger partial charge in [-0.2, -0.15) is 5.10 Å². The number of ether oxygens (including phenoxy) is 2. The highest BCUT2D eigenvalue weighted by Crippen LogP contribution is 2.36. The quantitative estimate of drug-likeness (QED) is 0.670. The molecule has 0 aliphatic carbocycles. The first-order valence-corrected chi connectivity index (χ1v) is 7.46. The summed E-state index contributed by atoms with van der Waals surface area (Å²) in [6.45, 7) is 5.67. The summed E-state index contributed by atoms with van der Waals surface area (Å²) in [5.41, 5.74) is -0.147. The van der Waals surface area contributed by atoms with E-state index >= 15 is 0 Å². The topological polar surface area (TPSA) is 109 Å². The van der Waals surface area contributed by atoms with Crippen molar-refractivity contribution in [3.05, 3.63) is 22.0 Å². The number of hydrogen-bond donors (Lipinski definition) is 1. The summed E-state index contributed by atoms with van der Waals surface area (Å²) in [4.78, 5) is 22.2. The van der Waals surface area contributed by atoms with E-state index in [0.29, 0.717) is 25.1 Å². The lowest BCUT2D eigenvalue weighted by Crippen LogP contribution is -2.36. The van der Waals surface area contributed by atoms with Gasteiger partial charge in [0.05, 0.1) is 11.0 Å². The van der Waals surface area contributed by atoms with E-state index in [1.54, 1.807) is 27.8 Å². The maximum absolute atomic E-state index is 11.6. The van der Waals surface area contributed by atoms with Gasteiger partial charge >= 0.3 is 11.8 Å². The van der Waals surface area contributed by atoms with E-state index in [4.69, 9.17) is 9.47 Å². The van der Waals surface area contributed by atoms with Crippen molar-refractivity contribution in [3.63, 3.8) is 0 Å². The van der Waals surface area contributed by atoms with Crippen LogP contribution in [0.1, 0.15) is 45.4 Å². The lowest BCUT2D eigenvalue weighted by Gasteiger charge is -2.20. The summed E-state index contributed by atoms with van der Waals surface area (Å²) in [5.74, 6) is 0. The van der Waals surface area contributed by atoms with Crippen LogP contribution in [0.2, 0.25) is 0 Å². The fourth-order valence-corrected chi connectivity index (χ4v) is 2.52. The normalized spacial score (nSPS) is 21.2. The predicted molar refractivity (Wildman–Crippen MR) is 80.9 cm³/mol. The van der Waals surface area contributed by atoms with Crippen molar-refractivity contribution >= 4 is 11.8 Å². The molecule has 2 rings (SSSR count). The van der Waals surface area contributed by atoms with E-state index in [9.17, 15) is 14.9 Å². The average Bonchev–Trinajstić information content (AvgIpc) is 3.00. The molecule has 0 saturated carbocycles. The molecule has 0 spiro atoms. The SMILES string of the molecule is Cn1ncc([N+](=O)[O-])c1[C@H]1CC[C@H](CNC(=O)OC(C)(C)C)O1. The maximum Gasteiger partial charge on any atom is 0.407 e. The fourth-order valence-electron chi connectivity index (χ4n) is 2.52. The number of nitrogens with zero attached hydrogens (tertiary/aromatic N) is 3. The molecule has 1 fully saturated rings. The molecule has 128 valence electrons. The van der Waals surface area contributed by atoms with Crippen LogP contribution >= 0.6 is 0 Å². The second-order valence-electron chi connectivity index (χ2n) is 6.50. The maximum atomic E-state index is 11.6. The minimum Gasteiger partial charge on any atom is -0.444 e. The van der Waals surface area contributed by atoms with Crippen LogP contribution in [0.25, 0.3) is 0 Å². The minimum atomic E-state index is -0.557. The van der Waals surface area contributed by atoms with Gasteiger partial charge < -0.3 is 14.8 Å². The van der Waals surface area contributed by atoms with Gasteiger partial charge in [-0.05, 0) is 33.6 Å². The molecule has 1 aromatic heterocycles. The van der Waals surface area contributed by atoms with E-state index in [1.807, 2.05) is 0 Å². The van der Waals surface area contributed by atoms with Crippen LogP contribution in [0, 0.1) is 10.1 Å². The van der Waals surface area contributed by atoms with Gasteiger partial charge in [-0.3, -0.25) is 14.8 Å². The third kappa shape index (κ3) is 4.41. The fraction of sp³-hybridized carbons (Fsp3) is 0.714. The molecule has 23 heavy (non-hydrogen) atoms. The Bertz CT molecular complexity index is 592. The highest BCUT2D eigenvalue weighted by molar-refractivity contribution is 5.67. The van der Waals surface area contributed by atoms with Gasteiger partial charge in [0.2, 0.25) is 0 Å². The molecule has 1 amide bonds. The molecule has 1 aromatic rings. The Morgan fingerprint density at radius 1 is 1.57 bits per heavy atom. The number of aromatic nitrogens is 2. The predicted octanol–water partition coefficient (Wildman–Crippen LogP) is 2.07. The Morgan fingerprint density at radius 2 is 2.26 bits per heavy atom. The number of aryl methyl sites for hydroxylation is 1. The molecule has 1 aliphatic rings. The average molecular weight is 326 g/mol. The molecule has 1 saturated heterocycles. The molecule has 1 aliphatic heterocycles. The number of hydrogen-bond acceptors (Lipinski definition) is 6. The number of rotatable bonds is 4. The first-order valence-electron chi connectivity index (χ1n) is 7.46. The Hall–Kier alpha value is -2.16. The molecule has 1 N–H and O–H groups in total. The van der Waals surface area contributed by atoms with Crippen LogP contribution in [-0.4, -0.2) is 39.0 Å². The highest BCUT2D eigenvalue weighted by Gasteiger charge is 2.34. The Kier molecular flexibility index (Phi) is 4.88. The highest BCUT2D eigenvalue weighted by atomic mass is 16.6. The zero-order chi connectivity index (χ0) is 17.2. The van der Waals surface area contributed by atoms with Crippen LogP contribution in [-0.2, 0) is 16.5 Å². The molecule has 2 heterocycles. The number of carbonyl (C=O) groups is 1. The molecule has 0 radical (unpaired) electrons. The molecule has 0 aromatic carbocycles. The lowest BCUT2D eigenvalue weighted by atomic mass is 10.1. The Balaban J connectivity index is 1.91. The van der Waals surface area contributed by atoms with Crippen LogP contribution in [0.15, 0.2) is 6.20 Å². The minimum absolute atomic E-state index is 0.0433. The molecular formula is C14H22N4O5. The third-order valence-corrected chi connectivity index (χ3v) is 3.45. The molecular weight excluding hydrogens is 304 g/mol. The summed E-state index contributed by atoms with van der Waals surface area (Å²) in [7, 11) is 1.65. The molecule has 2 atom stereocenters. The van der Waals surface area contributed by atoms with Crippen LogP contribution in [0.3, 0.4) is 0 Å². The summed E-state index contributed by atoms with van der Waals surface area (Å²) >= 11 is 0. The summed E-state index contributed by atoms with van der Waals surface area (Å²) in [6, 6.07) is 0. The molecule has 0 unspecified atom stereocenters. The second-order valence-corrected chi connectivity index (χ2v) is 6.50. The monoisotopic (exact) mass is 326 g/mol. The van der Waals surface area contributed by atoms with Gasteiger partial charge in [-0.15, -0.1) is 0 Å². The molecule has 9 heteroatoms. The number of nitro groups is 1. The van der Waals surface area contributed by atoms with Crippen LogP contribution in [0.4, 0.5) is 10.5 Å². The Labute approximate surface area is 134 Å². The third-order valence-electron chi connectivity index (χ3n) is 3.45. The van der Waals surface area contributed by atoms with Crippen molar-refractivity contribution < 1.29 is 19.2 Å². The van der Waals surface area contributed by atoms with Gasteiger partial charge in [0.1, 0.15) is 23.6 Å². The van der Waals surface area contributed by atoms with Crippen LogP contribution in [0.5, 0.6) is 0 Å². The van der Waals surface area contributed by atoms with Crippen molar-refractivity contribution in [2.75, 3.05) is 6.54 Å². The van der Waals surface area contributed by atoms with Crippen molar-refractivity contribution in [3.8, 4) is 0 Å². The van der Waals surface area contributed by atoms with E-state index in [2.05, 4.69) is 10.4 Å². The first-order chi connectivity index (χ1) is 10.7. The largest absolute Gasteiger partial charge is 0.444 e. The molecule has 9 nitrogen and oxygen atoms in total. The number of amides is 1. The number of alkyl carbamates (subject to hydrolysis) is 1. The van der Waals surface area contributed by atoms with E-state index in [-0.39, 0.29) is 11.8 Å². The first kappa shape index (κ1) is 17.2. The Morgan fingerprint density at radius 3 is 2.87 bits per heavy atom.